The third kappa shape index (κ3) is 3.04. The Morgan fingerprint density at radius 2 is 1.83 bits per heavy atom. The van der Waals surface area contributed by atoms with Crippen LogP contribution in [-0.2, 0) is 23.9 Å². The number of carbonyl (C=O) groups excluding carboxylic acids is 4. The van der Waals surface area contributed by atoms with Crippen LogP contribution in [0.1, 0.15) is 37.0 Å². The smallest absolute Gasteiger partial charge is 0.354 e. The van der Waals surface area contributed by atoms with Crippen molar-refractivity contribution in [3.05, 3.63) is 29.8 Å². The highest BCUT2D eigenvalue weighted by Gasteiger charge is 2.60. The number of likely N-dealkylation sites (N-methyl/N-ethyl adjacent to an activating group) is 1. The first-order chi connectivity index (χ1) is 14.3. The van der Waals surface area contributed by atoms with Crippen molar-refractivity contribution in [1.82, 2.24) is 9.80 Å². The van der Waals surface area contributed by atoms with Gasteiger partial charge in [0.25, 0.3) is 11.8 Å². The summed E-state index contributed by atoms with van der Waals surface area (Å²) in [6, 6.07) is 6.69. The lowest BCUT2D eigenvalue weighted by atomic mass is 9.97. The molecule has 3 aliphatic heterocycles. The van der Waals surface area contributed by atoms with Crippen molar-refractivity contribution in [3.63, 3.8) is 0 Å². The third-order valence-electron chi connectivity index (χ3n) is 5.97. The van der Waals surface area contributed by atoms with E-state index in [4.69, 9.17) is 9.47 Å². The van der Waals surface area contributed by atoms with Crippen molar-refractivity contribution in [3.8, 4) is 0 Å². The number of anilines is 1. The number of morpholine rings is 1. The molecule has 2 saturated heterocycles. The summed E-state index contributed by atoms with van der Waals surface area (Å²) < 4.78 is 11.0. The minimum absolute atomic E-state index is 0.103. The van der Waals surface area contributed by atoms with Gasteiger partial charge in [-0.25, -0.2) is 4.79 Å². The Labute approximate surface area is 174 Å². The van der Waals surface area contributed by atoms with E-state index in [2.05, 4.69) is 0 Å². The second-order valence-corrected chi connectivity index (χ2v) is 8.06. The second kappa shape index (κ2) is 7.39. The Hall–Kier alpha value is -2.94. The highest BCUT2D eigenvalue weighted by atomic mass is 16.5. The fraction of sp³-hybridized carbons (Fsp3) is 0.524. The fourth-order valence-corrected chi connectivity index (χ4v) is 4.61. The van der Waals surface area contributed by atoms with Gasteiger partial charge in [-0.3, -0.25) is 19.3 Å². The van der Waals surface area contributed by atoms with Crippen LogP contribution in [0.25, 0.3) is 0 Å². The molecule has 3 aliphatic rings. The molecule has 3 atom stereocenters. The number of rotatable bonds is 3. The quantitative estimate of drug-likeness (QED) is 0.677. The van der Waals surface area contributed by atoms with Gasteiger partial charge in [0.1, 0.15) is 0 Å². The zero-order chi connectivity index (χ0) is 21.6. The number of esters is 1. The largest absolute Gasteiger partial charge is 0.452 e. The molecule has 0 radical (unpaired) electrons. The van der Waals surface area contributed by atoms with Gasteiger partial charge in [0, 0.05) is 33.0 Å². The molecular weight excluding hydrogens is 390 g/mol. The predicted molar refractivity (Wildman–Crippen MR) is 106 cm³/mol. The van der Waals surface area contributed by atoms with Gasteiger partial charge in [0.2, 0.25) is 11.6 Å². The van der Waals surface area contributed by atoms with Gasteiger partial charge in [-0.15, -0.1) is 0 Å². The van der Waals surface area contributed by atoms with E-state index in [0.717, 1.165) is 0 Å². The topological polar surface area (TPSA) is 96.5 Å². The summed E-state index contributed by atoms with van der Waals surface area (Å²) in [5.41, 5.74) is -0.831. The van der Waals surface area contributed by atoms with Gasteiger partial charge in [-0.1, -0.05) is 12.1 Å². The fourth-order valence-electron chi connectivity index (χ4n) is 4.61. The summed E-state index contributed by atoms with van der Waals surface area (Å²) in [6.45, 7) is 4.14. The number of nitrogens with zero attached hydrogens (tertiary/aromatic N) is 3. The number of fused-ring (bicyclic) bond motifs is 3. The zero-order valence-corrected chi connectivity index (χ0v) is 17.3. The molecule has 30 heavy (non-hydrogen) atoms. The Morgan fingerprint density at radius 3 is 2.53 bits per heavy atom. The summed E-state index contributed by atoms with van der Waals surface area (Å²) in [6.07, 6.45) is 0.0104. The van der Waals surface area contributed by atoms with E-state index in [9.17, 15) is 19.2 Å². The molecular formula is C21H25N3O6. The molecule has 1 aromatic rings. The average molecular weight is 415 g/mol. The molecule has 2 fully saturated rings. The Bertz CT molecular complexity index is 908. The van der Waals surface area contributed by atoms with Crippen molar-refractivity contribution in [1.29, 1.82) is 0 Å². The van der Waals surface area contributed by atoms with Crippen molar-refractivity contribution in [2.45, 2.75) is 44.6 Å². The van der Waals surface area contributed by atoms with Crippen LogP contribution >= 0.6 is 0 Å². The zero-order valence-electron chi connectivity index (χ0n) is 17.3. The molecule has 0 unspecified atom stereocenters. The molecule has 4 rings (SSSR count). The molecule has 0 spiro atoms. The van der Waals surface area contributed by atoms with Gasteiger partial charge in [0.05, 0.1) is 23.5 Å². The second-order valence-electron chi connectivity index (χ2n) is 8.06. The molecule has 0 saturated carbocycles. The summed E-state index contributed by atoms with van der Waals surface area (Å²) in [7, 11) is 1.48. The lowest BCUT2D eigenvalue weighted by Crippen LogP contribution is -2.67. The predicted octanol–water partition coefficient (Wildman–Crippen LogP) is 0.774. The summed E-state index contributed by atoms with van der Waals surface area (Å²) in [5, 5.41) is 0. The summed E-state index contributed by atoms with van der Waals surface area (Å²) in [5.74, 6) is -1.74. The maximum atomic E-state index is 13.2. The van der Waals surface area contributed by atoms with Gasteiger partial charge in [0.15, 0.2) is 6.61 Å². The number of ether oxygens (including phenoxy) is 2. The molecule has 9 nitrogen and oxygen atoms in total. The number of hydrogen-bond donors (Lipinski definition) is 0. The molecule has 0 bridgehead atoms. The minimum atomic E-state index is -1.58. The van der Waals surface area contributed by atoms with Gasteiger partial charge in [-0.2, -0.15) is 0 Å². The SMILES string of the molecule is C[C@@H]1CN(C(=O)COC(=O)[C@@]23CCC(=O)N2c2ccccc2C(=O)N3C)C[C@@H](C)O1. The summed E-state index contributed by atoms with van der Waals surface area (Å²) >= 11 is 0. The first-order valence-electron chi connectivity index (χ1n) is 10.1. The van der Waals surface area contributed by atoms with Crippen LogP contribution in [0.2, 0.25) is 0 Å². The van der Waals surface area contributed by atoms with E-state index >= 15 is 0 Å². The first-order valence-corrected chi connectivity index (χ1v) is 10.1. The van der Waals surface area contributed by atoms with Crippen LogP contribution < -0.4 is 4.90 Å². The molecule has 3 heterocycles. The Kier molecular flexibility index (Phi) is 5.01. The van der Waals surface area contributed by atoms with E-state index < -0.39 is 18.2 Å². The number of hydrogen-bond acceptors (Lipinski definition) is 6. The van der Waals surface area contributed by atoms with E-state index in [1.807, 2.05) is 13.8 Å². The Morgan fingerprint density at radius 1 is 1.17 bits per heavy atom. The van der Waals surface area contributed by atoms with Crippen LogP contribution in [0.4, 0.5) is 5.69 Å². The highest BCUT2D eigenvalue weighted by Crippen LogP contribution is 2.44. The molecule has 3 amide bonds. The molecule has 0 aromatic heterocycles. The molecule has 0 N–H and O–H groups in total. The third-order valence-corrected chi connectivity index (χ3v) is 5.97. The van der Waals surface area contributed by atoms with Crippen LogP contribution in [0, 0.1) is 0 Å². The maximum Gasteiger partial charge on any atom is 0.354 e. The summed E-state index contributed by atoms with van der Waals surface area (Å²) in [4.78, 5) is 55.6. The molecule has 0 aliphatic carbocycles. The maximum absolute atomic E-state index is 13.2. The average Bonchev–Trinajstić information content (AvgIpc) is 3.08. The number of para-hydroxylation sites is 1. The monoisotopic (exact) mass is 415 g/mol. The van der Waals surface area contributed by atoms with Crippen LogP contribution in [0.5, 0.6) is 0 Å². The van der Waals surface area contributed by atoms with Crippen molar-refractivity contribution < 1.29 is 28.7 Å². The van der Waals surface area contributed by atoms with E-state index in [0.29, 0.717) is 24.3 Å². The molecule has 1 aromatic carbocycles. The molecule has 9 heteroatoms. The van der Waals surface area contributed by atoms with Crippen LogP contribution in [0.3, 0.4) is 0 Å². The number of amides is 3. The lowest BCUT2D eigenvalue weighted by Gasteiger charge is -2.46. The first kappa shape index (κ1) is 20.3. The highest BCUT2D eigenvalue weighted by molar-refractivity contribution is 6.15. The van der Waals surface area contributed by atoms with Crippen molar-refractivity contribution in [2.75, 3.05) is 31.6 Å². The standard InChI is InChI=1S/C21H25N3O6/c1-13-10-23(11-14(2)30-13)18(26)12-29-20(28)21-9-8-17(25)24(21)16-7-5-4-6-15(16)19(27)22(21)3/h4-7,13-14H,8-12H2,1-3H3/t13-,14-,21-/m1/s1. The lowest BCUT2D eigenvalue weighted by molar-refractivity contribution is -0.164. The van der Waals surface area contributed by atoms with Gasteiger partial charge < -0.3 is 19.3 Å². The molecule has 160 valence electrons. The Balaban J connectivity index is 1.56. The van der Waals surface area contributed by atoms with Gasteiger partial charge in [-0.05, 0) is 26.0 Å². The number of carbonyl (C=O) groups is 4. The van der Waals surface area contributed by atoms with E-state index in [-0.39, 0.29) is 42.8 Å². The van der Waals surface area contributed by atoms with Crippen molar-refractivity contribution >= 4 is 29.4 Å². The van der Waals surface area contributed by atoms with Crippen LogP contribution in [0.15, 0.2) is 24.3 Å². The van der Waals surface area contributed by atoms with Crippen LogP contribution in [-0.4, -0.2) is 78.1 Å². The van der Waals surface area contributed by atoms with Crippen molar-refractivity contribution in [2.24, 2.45) is 0 Å². The van der Waals surface area contributed by atoms with E-state index in [1.54, 1.807) is 29.2 Å². The number of benzene rings is 1. The van der Waals surface area contributed by atoms with E-state index in [1.165, 1.54) is 16.8 Å². The van der Waals surface area contributed by atoms with Gasteiger partial charge >= 0.3 is 5.97 Å². The minimum Gasteiger partial charge on any atom is -0.452 e. The normalized spacial score (nSPS) is 28.3.